The number of fused-ring (bicyclic) bond motifs is 7. The number of hydrogen-bond acceptors (Lipinski definition) is 4. The van der Waals surface area contributed by atoms with E-state index in [-0.39, 0.29) is 6.10 Å². The van der Waals surface area contributed by atoms with Crippen molar-refractivity contribution in [2.24, 2.45) is 40.4 Å². The Bertz CT molecular complexity index is 792. The first-order chi connectivity index (χ1) is 14.6. The second kappa shape index (κ2) is 7.33. The van der Waals surface area contributed by atoms with E-state index in [1.54, 1.807) is 12.5 Å². The summed E-state index contributed by atoms with van der Waals surface area (Å²) in [5.41, 5.74) is 3.92. The minimum atomic E-state index is -2.61. The molecule has 3 fully saturated rings. The predicted molar refractivity (Wildman–Crippen MR) is 121 cm³/mol. The Morgan fingerprint density at radius 3 is 2.68 bits per heavy atom. The topological polar surface area (TPSA) is 69.9 Å². The molecule has 1 unspecified atom stereocenters. The van der Waals surface area contributed by atoms with Gasteiger partial charge in [-0.3, -0.25) is 0 Å². The summed E-state index contributed by atoms with van der Waals surface area (Å²) in [6.07, 6.45) is 14.7. The normalized spacial score (nSPS) is 45.3. The van der Waals surface area contributed by atoms with Crippen LogP contribution < -0.4 is 0 Å². The van der Waals surface area contributed by atoms with Gasteiger partial charge >= 0.3 is 0 Å². The summed E-state index contributed by atoms with van der Waals surface area (Å²) in [7, 11) is 0. The van der Waals surface area contributed by atoms with Gasteiger partial charge in [-0.05, 0) is 92.4 Å². The molecule has 0 spiro atoms. The van der Waals surface area contributed by atoms with Gasteiger partial charge in [0.25, 0.3) is 5.97 Å². The van der Waals surface area contributed by atoms with E-state index < -0.39 is 11.9 Å². The molecule has 4 heteroatoms. The highest BCUT2D eigenvalue weighted by Crippen LogP contribution is 2.68. The van der Waals surface area contributed by atoms with Gasteiger partial charge in [-0.2, -0.15) is 0 Å². The van der Waals surface area contributed by atoms with Crippen LogP contribution >= 0.6 is 0 Å². The zero-order chi connectivity index (χ0) is 22.2. The van der Waals surface area contributed by atoms with E-state index in [0.717, 1.165) is 23.5 Å². The molecule has 3 N–H and O–H groups in total. The fourth-order valence-corrected chi connectivity index (χ4v) is 8.82. The lowest BCUT2D eigenvalue weighted by Crippen LogP contribution is -2.49. The summed E-state index contributed by atoms with van der Waals surface area (Å²) in [6.45, 7) is 9.04. The van der Waals surface area contributed by atoms with Crippen molar-refractivity contribution >= 4 is 0 Å². The average molecular weight is 431 g/mol. The Labute approximate surface area is 187 Å². The molecule has 8 atom stereocenters. The van der Waals surface area contributed by atoms with Gasteiger partial charge in [-0.1, -0.05) is 38.8 Å². The zero-order valence-electron chi connectivity index (χ0n) is 19.9. The Hall–Kier alpha value is -0.840. The third kappa shape index (κ3) is 3.27. The lowest BCUT2D eigenvalue weighted by Gasteiger charge is -2.57. The van der Waals surface area contributed by atoms with E-state index >= 15 is 0 Å². The number of rotatable bonds is 4. The van der Waals surface area contributed by atoms with E-state index in [1.807, 2.05) is 0 Å². The summed E-state index contributed by atoms with van der Waals surface area (Å²) in [6, 6.07) is 0. The summed E-state index contributed by atoms with van der Waals surface area (Å²) in [4.78, 5) is 0. The van der Waals surface area contributed by atoms with Crippen molar-refractivity contribution in [3.63, 3.8) is 0 Å². The molecular formula is C27H42O4. The Morgan fingerprint density at radius 1 is 1.16 bits per heavy atom. The van der Waals surface area contributed by atoms with Gasteiger partial charge in [-0.15, -0.1) is 0 Å². The lowest BCUT2D eigenvalue weighted by molar-refractivity contribution is -0.339. The SMILES string of the molecule is CC1=C(CCC(C)C(O)(O)O)O[C@H]2C[C@H]3[C@@H]4CC=C5CCCC[C@]5(C)[C@H]4CC[C@]3(C)[C@@H]12. The van der Waals surface area contributed by atoms with Crippen molar-refractivity contribution in [2.45, 2.75) is 104 Å². The van der Waals surface area contributed by atoms with Crippen molar-refractivity contribution in [3.8, 4) is 0 Å². The molecule has 4 aliphatic carbocycles. The minimum Gasteiger partial charge on any atom is -0.494 e. The van der Waals surface area contributed by atoms with Gasteiger partial charge < -0.3 is 20.1 Å². The monoisotopic (exact) mass is 430 g/mol. The van der Waals surface area contributed by atoms with E-state index in [2.05, 4.69) is 26.8 Å². The Balaban J connectivity index is 1.36. The van der Waals surface area contributed by atoms with Crippen molar-refractivity contribution in [2.75, 3.05) is 0 Å². The quantitative estimate of drug-likeness (QED) is 0.419. The molecule has 4 nitrogen and oxygen atoms in total. The number of hydrogen-bond donors (Lipinski definition) is 3. The maximum Gasteiger partial charge on any atom is 0.278 e. The number of ether oxygens (including phenoxy) is 1. The van der Waals surface area contributed by atoms with E-state index in [9.17, 15) is 15.3 Å². The van der Waals surface area contributed by atoms with Crippen molar-refractivity contribution in [3.05, 3.63) is 23.0 Å². The van der Waals surface area contributed by atoms with Crippen LogP contribution in [0.15, 0.2) is 23.0 Å². The first-order valence-corrected chi connectivity index (χ1v) is 12.8. The van der Waals surface area contributed by atoms with Crippen LogP contribution in [0.5, 0.6) is 0 Å². The van der Waals surface area contributed by atoms with Gasteiger partial charge in [0.15, 0.2) is 0 Å². The third-order valence-electron chi connectivity index (χ3n) is 10.7. The summed E-state index contributed by atoms with van der Waals surface area (Å²) < 4.78 is 6.55. The first-order valence-electron chi connectivity index (χ1n) is 12.8. The van der Waals surface area contributed by atoms with Crippen LogP contribution in [0, 0.1) is 40.4 Å². The van der Waals surface area contributed by atoms with Crippen LogP contribution in [0.2, 0.25) is 0 Å². The highest BCUT2D eigenvalue weighted by molar-refractivity contribution is 5.29. The van der Waals surface area contributed by atoms with E-state index in [0.29, 0.717) is 29.6 Å². The van der Waals surface area contributed by atoms with Gasteiger partial charge in [0.2, 0.25) is 0 Å². The summed E-state index contributed by atoms with van der Waals surface area (Å²) in [5, 5.41) is 28.3. The van der Waals surface area contributed by atoms with Crippen molar-refractivity contribution in [1.29, 1.82) is 0 Å². The maximum atomic E-state index is 9.45. The van der Waals surface area contributed by atoms with Gasteiger partial charge in [0, 0.05) is 18.3 Å². The van der Waals surface area contributed by atoms with Gasteiger partial charge in [-0.25, -0.2) is 0 Å². The smallest absolute Gasteiger partial charge is 0.278 e. The number of allylic oxidation sites excluding steroid dienone is 3. The molecule has 5 rings (SSSR count). The largest absolute Gasteiger partial charge is 0.494 e. The molecule has 0 aromatic carbocycles. The van der Waals surface area contributed by atoms with Crippen LogP contribution in [0.25, 0.3) is 0 Å². The van der Waals surface area contributed by atoms with Crippen LogP contribution in [-0.2, 0) is 4.74 Å². The van der Waals surface area contributed by atoms with Gasteiger partial charge in [0.1, 0.15) is 6.10 Å². The highest BCUT2D eigenvalue weighted by atomic mass is 16.7. The molecule has 5 aliphatic rings. The lowest BCUT2D eigenvalue weighted by atomic mass is 9.47. The van der Waals surface area contributed by atoms with Crippen LogP contribution in [-0.4, -0.2) is 27.4 Å². The summed E-state index contributed by atoms with van der Waals surface area (Å²) >= 11 is 0. The first kappa shape index (κ1) is 22.0. The van der Waals surface area contributed by atoms with Gasteiger partial charge in [0.05, 0.1) is 5.76 Å². The molecule has 0 saturated heterocycles. The van der Waals surface area contributed by atoms with Crippen LogP contribution in [0.3, 0.4) is 0 Å². The standard InChI is InChI=1S/C27H42O4/c1-16(27(28,29)30)8-11-22-17(2)24-23(31-22)15-21-19-10-9-18-7-5-6-13-25(18,3)20(19)12-14-26(21,24)4/h9,16,19-21,23-24,28-30H,5-8,10-15H2,1-4H3/t16?,19-,20+,21+,23+,24+,25+,26+/m1/s1. The zero-order valence-corrected chi connectivity index (χ0v) is 19.9. The molecule has 3 saturated carbocycles. The highest BCUT2D eigenvalue weighted by Gasteiger charge is 2.63. The summed E-state index contributed by atoms with van der Waals surface area (Å²) in [5.74, 6) is 0.716. The van der Waals surface area contributed by atoms with E-state index in [4.69, 9.17) is 4.74 Å². The fraction of sp³-hybridized carbons (Fsp3) is 0.852. The average Bonchev–Trinajstić information content (AvgIpc) is 3.18. The molecular weight excluding hydrogens is 388 g/mol. The van der Waals surface area contributed by atoms with Crippen molar-refractivity contribution in [1.82, 2.24) is 0 Å². The van der Waals surface area contributed by atoms with Crippen LogP contribution in [0.4, 0.5) is 0 Å². The molecule has 0 radical (unpaired) electrons. The molecule has 0 amide bonds. The van der Waals surface area contributed by atoms with E-state index in [1.165, 1.54) is 56.9 Å². The minimum absolute atomic E-state index is 0.283. The van der Waals surface area contributed by atoms with Crippen molar-refractivity contribution < 1.29 is 20.1 Å². The Morgan fingerprint density at radius 2 is 1.94 bits per heavy atom. The third-order valence-corrected chi connectivity index (χ3v) is 10.7. The molecule has 174 valence electrons. The predicted octanol–water partition coefficient (Wildman–Crippen LogP) is 5.29. The molecule has 31 heavy (non-hydrogen) atoms. The maximum absolute atomic E-state index is 9.45. The second-order valence-electron chi connectivity index (χ2n) is 12.1. The molecule has 0 bridgehead atoms. The molecule has 1 aliphatic heterocycles. The molecule has 0 aromatic rings. The molecule has 0 aromatic heterocycles. The second-order valence-corrected chi connectivity index (χ2v) is 12.1. The molecule has 1 heterocycles. The van der Waals surface area contributed by atoms with Crippen LogP contribution in [0.1, 0.15) is 91.9 Å². The number of aliphatic hydroxyl groups is 3. The Kier molecular flexibility index (Phi) is 5.20. The fourth-order valence-electron chi connectivity index (χ4n) is 8.82.